The van der Waals surface area contributed by atoms with Crippen molar-refractivity contribution in [2.75, 3.05) is 26.2 Å². The minimum absolute atomic E-state index is 0.0313. The molecule has 4 aromatic rings. The van der Waals surface area contributed by atoms with Crippen LogP contribution in [0.25, 0.3) is 11.0 Å². The van der Waals surface area contributed by atoms with E-state index in [9.17, 15) is 18.0 Å². The first kappa shape index (κ1) is 30.7. The fourth-order valence-electron chi connectivity index (χ4n) is 6.08. The van der Waals surface area contributed by atoms with E-state index in [4.69, 9.17) is 14.4 Å². The molecule has 6 rings (SSSR count). The van der Waals surface area contributed by atoms with Crippen molar-refractivity contribution in [1.29, 1.82) is 5.26 Å². The van der Waals surface area contributed by atoms with Gasteiger partial charge >= 0.3 is 6.18 Å². The highest BCUT2D eigenvalue weighted by atomic mass is 19.4. The summed E-state index contributed by atoms with van der Waals surface area (Å²) in [6, 6.07) is 22.6. The van der Waals surface area contributed by atoms with Crippen LogP contribution in [0, 0.1) is 11.3 Å². The van der Waals surface area contributed by atoms with Gasteiger partial charge in [0.1, 0.15) is 17.4 Å². The molecule has 234 valence electrons. The van der Waals surface area contributed by atoms with Gasteiger partial charge in [-0.2, -0.15) is 18.4 Å². The fraction of sp³-hybridized carbons (Fsp3) is 0.371. The number of ether oxygens (including phenoxy) is 1. The molecule has 45 heavy (non-hydrogen) atoms. The molecule has 1 aromatic heterocycles. The molecule has 3 aromatic carbocycles. The van der Waals surface area contributed by atoms with Crippen LogP contribution in [-0.2, 0) is 19.3 Å². The number of piperidine rings is 2. The highest BCUT2D eigenvalue weighted by Crippen LogP contribution is 2.30. The summed E-state index contributed by atoms with van der Waals surface area (Å²) < 4.78 is 50.6. The van der Waals surface area contributed by atoms with Gasteiger partial charge in [0.05, 0.1) is 17.2 Å². The van der Waals surface area contributed by atoms with Gasteiger partial charge in [-0.1, -0.05) is 24.3 Å². The van der Waals surface area contributed by atoms with Crippen LogP contribution >= 0.6 is 0 Å². The molecule has 7 nitrogen and oxygen atoms in total. The Labute approximate surface area is 260 Å². The Kier molecular flexibility index (Phi) is 9.10. The van der Waals surface area contributed by atoms with Crippen LogP contribution in [0.2, 0.25) is 0 Å². The van der Waals surface area contributed by atoms with Crippen molar-refractivity contribution in [1.82, 2.24) is 15.1 Å². The molecule has 2 fully saturated rings. The number of amides is 1. The number of alkyl halides is 3. The average molecular weight is 617 g/mol. The highest BCUT2D eigenvalue weighted by Gasteiger charge is 2.30. The Balaban J connectivity index is 0.957. The van der Waals surface area contributed by atoms with E-state index in [1.807, 2.05) is 42.5 Å². The number of furan rings is 1. The molecule has 0 aliphatic carbocycles. The highest BCUT2D eigenvalue weighted by molar-refractivity contribution is 5.96. The van der Waals surface area contributed by atoms with Crippen LogP contribution in [0.3, 0.4) is 0 Å². The molecule has 0 unspecified atom stereocenters. The van der Waals surface area contributed by atoms with Crippen LogP contribution in [0.5, 0.6) is 5.75 Å². The fourth-order valence-corrected chi connectivity index (χ4v) is 6.08. The maximum absolute atomic E-state index is 13.0. The van der Waals surface area contributed by atoms with E-state index in [0.717, 1.165) is 81.5 Å². The summed E-state index contributed by atoms with van der Waals surface area (Å²) in [6.45, 7) is 4.76. The zero-order valence-corrected chi connectivity index (χ0v) is 24.9. The van der Waals surface area contributed by atoms with Gasteiger partial charge in [-0.05, 0) is 85.3 Å². The van der Waals surface area contributed by atoms with Gasteiger partial charge in [0.25, 0.3) is 5.91 Å². The third-order valence-electron chi connectivity index (χ3n) is 8.65. The number of likely N-dealkylation sites (tertiary alicyclic amines) is 2. The largest absolute Gasteiger partial charge is 0.490 e. The minimum Gasteiger partial charge on any atom is -0.490 e. The van der Waals surface area contributed by atoms with Crippen molar-refractivity contribution in [2.45, 2.75) is 57.1 Å². The number of hydrogen-bond donors (Lipinski definition) is 1. The van der Waals surface area contributed by atoms with E-state index >= 15 is 0 Å². The average Bonchev–Trinajstić information content (AvgIpc) is 3.47. The van der Waals surface area contributed by atoms with Gasteiger partial charge in [0.2, 0.25) is 0 Å². The predicted octanol–water partition coefficient (Wildman–Crippen LogP) is 6.76. The molecule has 0 spiro atoms. The smallest absolute Gasteiger partial charge is 0.416 e. The standard InChI is InChI=1S/C35H35F3N4O3/c36-35(37,38)28-7-5-26(6-8-28)23-42-17-13-30(14-18-42)44-31-9-10-32-27(19-31)20-33(45-32)34(43)40-29-11-15-41(16-12-29)22-25-3-1-24(21-39)2-4-25/h1-10,19-20,29-30H,11-18,22-23H2,(H,40,43). The molecule has 3 heterocycles. The lowest BCUT2D eigenvalue weighted by molar-refractivity contribution is -0.137. The van der Waals surface area contributed by atoms with E-state index in [2.05, 4.69) is 21.2 Å². The van der Waals surface area contributed by atoms with Crippen molar-refractivity contribution >= 4 is 16.9 Å². The molecule has 0 bridgehead atoms. The van der Waals surface area contributed by atoms with E-state index in [0.29, 0.717) is 23.4 Å². The zero-order valence-electron chi connectivity index (χ0n) is 24.9. The Morgan fingerprint density at radius 3 is 2.07 bits per heavy atom. The third kappa shape index (κ3) is 7.85. The van der Waals surface area contributed by atoms with Gasteiger partial charge in [-0.3, -0.25) is 14.6 Å². The van der Waals surface area contributed by atoms with Crippen LogP contribution < -0.4 is 10.1 Å². The van der Waals surface area contributed by atoms with Crippen LogP contribution in [0.15, 0.2) is 77.2 Å². The van der Waals surface area contributed by atoms with Crippen molar-refractivity contribution in [3.05, 3.63) is 101 Å². The topological polar surface area (TPSA) is 81.7 Å². The van der Waals surface area contributed by atoms with E-state index < -0.39 is 11.7 Å². The van der Waals surface area contributed by atoms with Crippen molar-refractivity contribution in [3.8, 4) is 11.8 Å². The SMILES string of the molecule is N#Cc1ccc(CN2CCC(NC(=O)c3cc4cc(OC5CCN(Cc6ccc(C(F)(F)F)cc6)CC5)ccc4o3)CC2)cc1. The number of carbonyl (C=O) groups is 1. The summed E-state index contributed by atoms with van der Waals surface area (Å²) in [6.07, 6.45) is -0.972. The predicted molar refractivity (Wildman–Crippen MR) is 164 cm³/mol. The number of fused-ring (bicyclic) bond motifs is 1. The molecule has 1 N–H and O–H groups in total. The number of carbonyl (C=O) groups excluding carboxylic acids is 1. The molecule has 2 saturated heterocycles. The number of nitrogens with one attached hydrogen (secondary N) is 1. The first-order valence-electron chi connectivity index (χ1n) is 15.3. The molecule has 2 aliphatic heterocycles. The van der Waals surface area contributed by atoms with Crippen molar-refractivity contribution in [3.63, 3.8) is 0 Å². The Hall–Kier alpha value is -4.33. The van der Waals surface area contributed by atoms with Gasteiger partial charge in [0, 0.05) is 50.7 Å². The summed E-state index contributed by atoms with van der Waals surface area (Å²) in [5.74, 6) is 0.768. The third-order valence-corrected chi connectivity index (χ3v) is 8.65. The summed E-state index contributed by atoms with van der Waals surface area (Å²) in [7, 11) is 0. The maximum atomic E-state index is 13.0. The lowest BCUT2D eigenvalue weighted by Crippen LogP contribution is -2.44. The van der Waals surface area contributed by atoms with Gasteiger partial charge < -0.3 is 14.5 Å². The van der Waals surface area contributed by atoms with Gasteiger partial charge in [-0.25, -0.2) is 0 Å². The van der Waals surface area contributed by atoms with Crippen molar-refractivity contribution < 1.29 is 27.1 Å². The number of rotatable bonds is 8. The minimum atomic E-state index is -4.32. The Morgan fingerprint density at radius 1 is 0.867 bits per heavy atom. The number of benzene rings is 3. The van der Waals surface area contributed by atoms with Crippen molar-refractivity contribution in [2.24, 2.45) is 0 Å². The van der Waals surface area contributed by atoms with Crippen LogP contribution in [0.4, 0.5) is 13.2 Å². The summed E-state index contributed by atoms with van der Waals surface area (Å²) in [5, 5.41) is 12.9. The van der Waals surface area contributed by atoms with E-state index in [1.54, 1.807) is 18.2 Å². The normalized spacial score (nSPS) is 17.3. The second kappa shape index (κ2) is 13.3. The molecule has 0 saturated carbocycles. The number of hydrogen-bond acceptors (Lipinski definition) is 6. The lowest BCUT2D eigenvalue weighted by Gasteiger charge is -2.32. The monoisotopic (exact) mass is 616 g/mol. The Bertz CT molecular complexity index is 1640. The van der Waals surface area contributed by atoms with Gasteiger partial charge in [-0.15, -0.1) is 0 Å². The summed E-state index contributed by atoms with van der Waals surface area (Å²) >= 11 is 0. The molecule has 10 heteroatoms. The second-order valence-corrected chi connectivity index (χ2v) is 11.9. The number of nitrogens with zero attached hydrogens (tertiary/aromatic N) is 3. The first-order chi connectivity index (χ1) is 21.7. The van der Waals surface area contributed by atoms with E-state index in [1.165, 1.54) is 5.56 Å². The summed E-state index contributed by atoms with van der Waals surface area (Å²) in [5.41, 5.74) is 2.68. The lowest BCUT2D eigenvalue weighted by atomic mass is 10.0. The van der Waals surface area contributed by atoms with Crippen LogP contribution in [-0.4, -0.2) is 54.0 Å². The molecule has 0 atom stereocenters. The van der Waals surface area contributed by atoms with Crippen LogP contribution in [0.1, 0.15) is 58.5 Å². The van der Waals surface area contributed by atoms with E-state index in [-0.39, 0.29) is 23.8 Å². The maximum Gasteiger partial charge on any atom is 0.416 e. The zero-order chi connectivity index (χ0) is 31.4. The molecule has 2 aliphatic rings. The molecule has 1 amide bonds. The quantitative estimate of drug-likeness (QED) is 0.236. The Morgan fingerprint density at radius 2 is 1.47 bits per heavy atom. The number of nitriles is 1. The summed E-state index contributed by atoms with van der Waals surface area (Å²) in [4.78, 5) is 17.6. The first-order valence-corrected chi connectivity index (χ1v) is 15.3. The molecular weight excluding hydrogens is 581 g/mol. The van der Waals surface area contributed by atoms with Gasteiger partial charge in [0.15, 0.2) is 5.76 Å². The molecular formula is C35H35F3N4O3. The molecule has 0 radical (unpaired) electrons. The number of halogens is 3. The second-order valence-electron chi connectivity index (χ2n) is 11.9.